The molecule has 0 saturated carbocycles. The Morgan fingerprint density at radius 2 is 1.83 bits per heavy atom. The van der Waals surface area contributed by atoms with Crippen molar-refractivity contribution in [1.82, 2.24) is 0 Å². The standard InChI is InChI=1S/C19H16ClFN2O/c20-17-3-1-2-15(12-22)18(17)23-10-8-14(9-11-23)19(24)13-4-6-16(21)7-5-13/h1-7,14H,8-11H2. The molecule has 1 aliphatic rings. The van der Waals surface area contributed by atoms with Crippen molar-refractivity contribution in [2.24, 2.45) is 5.92 Å². The summed E-state index contributed by atoms with van der Waals surface area (Å²) in [7, 11) is 0. The van der Waals surface area contributed by atoms with Gasteiger partial charge in [-0.1, -0.05) is 17.7 Å². The Morgan fingerprint density at radius 3 is 2.46 bits per heavy atom. The number of anilines is 1. The third-order valence-corrected chi connectivity index (χ3v) is 4.72. The summed E-state index contributed by atoms with van der Waals surface area (Å²) < 4.78 is 13.0. The molecule has 24 heavy (non-hydrogen) atoms. The number of hydrogen-bond acceptors (Lipinski definition) is 3. The highest BCUT2D eigenvalue weighted by molar-refractivity contribution is 6.33. The summed E-state index contributed by atoms with van der Waals surface area (Å²) in [5, 5.41) is 9.82. The van der Waals surface area contributed by atoms with Gasteiger partial charge in [0.2, 0.25) is 0 Å². The van der Waals surface area contributed by atoms with Crippen molar-refractivity contribution in [3.63, 3.8) is 0 Å². The van der Waals surface area contributed by atoms with Gasteiger partial charge in [-0.2, -0.15) is 5.26 Å². The first-order valence-corrected chi connectivity index (χ1v) is 8.21. The van der Waals surface area contributed by atoms with Crippen molar-refractivity contribution < 1.29 is 9.18 Å². The van der Waals surface area contributed by atoms with E-state index >= 15 is 0 Å². The van der Waals surface area contributed by atoms with Crippen molar-refractivity contribution in [1.29, 1.82) is 5.26 Å². The molecule has 0 bridgehead atoms. The Labute approximate surface area is 145 Å². The molecule has 0 aromatic heterocycles. The van der Waals surface area contributed by atoms with E-state index in [4.69, 9.17) is 11.6 Å². The SMILES string of the molecule is N#Cc1cccc(Cl)c1N1CCC(C(=O)c2ccc(F)cc2)CC1. The van der Waals surface area contributed by atoms with Crippen LogP contribution in [-0.2, 0) is 0 Å². The molecule has 0 amide bonds. The van der Waals surface area contributed by atoms with Gasteiger partial charge in [-0.15, -0.1) is 0 Å². The van der Waals surface area contributed by atoms with Gasteiger partial charge in [0.25, 0.3) is 0 Å². The maximum Gasteiger partial charge on any atom is 0.166 e. The minimum Gasteiger partial charge on any atom is -0.369 e. The molecule has 122 valence electrons. The monoisotopic (exact) mass is 342 g/mol. The molecular weight excluding hydrogens is 327 g/mol. The molecule has 1 heterocycles. The molecule has 2 aromatic carbocycles. The fourth-order valence-electron chi connectivity index (χ4n) is 3.14. The Hall–Kier alpha value is -2.38. The number of hydrogen-bond donors (Lipinski definition) is 0. The molecule has 0 aliphatic carbocycles. The van der Waals surface area contributed by atoms with Gasteiger partial charge in [0.1, 0.15) is 11.9 Å². The Balaban J connectivity index is 1.71. The Morgan fingerprint density at radius 1 is 1.17 bits per heavy atom. The summed E-state index contributed by atoms with van der Waals surface area (Å²) in [6, 6.07) is 13.1. The van der Waals surface area contributed by atoms with Gasteiger partial charge in [-0.05, 0) is 49.2 Å². The van der Waals surface area contributed by atoms with Crippen molar-refractivity contribution in [3.8, 4) is 6.07 Å². The summed E-state index contributed by atoms with van der Waals surface area (Å²) in [5.74, 6) is -0.377. The van der Waals surface area contributed by atoms with Crippen LogP contribution in [0, 0.1) is 23.1 Å². The molecule has 0 N–H and O–H groups in total. The van der Waals surface area contributed by atoms with Crippen LogP contribution in [0.3, 0.4) is 0 Å². The van der Waals surface area contributed by atoms with Crippen LogP contribution >= 0.6 is 11.6 Å². The van der Waals surface area contributed by atoms with E-state index in [0.29, 0.717) is 42.1 Å². The highest BCUT2D eigenvalue weighted by atomic mass is 35.5. The van der Waals surface area contributed by atoms with Gasteiger partial charge in [-0.25, -0.2) is 4.39 Å². The van der Waals surface area contributed by atoms with Gasteiger partial charge < -0.3 is 4.90 Å². The van der Waals surface area contributed by atoms with E-state index < -0.39 is 0 Å². The zero-order chi connectivity index (χ0) is 17.1. The number of benzene rings is 2. The summed E-state index contributed by atoms with van der Waals surface area (Å²) in [6.45, 7) is 1.33. The fraction of sp³-hybridized carbons (Fsp3) is 0.263. The molecular formula is C19H16ClFN2O. The first-order chi connectivity index (χ1) is 11.6. The minimum absolute atomic E-state index is 0.0503. The predicted molar refractivity (Wildman–Crippen MR) is 91.8 cm³/mol. The number of carbonyl (C=O) groups excluding carboxylic acids is 1. The molecule has 2 aromatic rings. The lowest BCUT2D eigenvalue weighted by molar-refractivity contribution is 0.0900. The largest absolute Gasteiger partial charge is 0.369 e. The third kappa shape index (κ3) is 3.27. The number of rotatable bonds is 3. The maximum absolute atomic E-state index is 13.0. The van der Waals surface area contributed by atoms with Crippen LogP contribution in [0.5, 0.6) is 0 Å². The van der Waals surface area contributed by atoms with Crippen molar-refractivity contribution in [2.75, 3.05) is 18.0 Å². The fourth-order valence-corrected chi connectivity index (χ4v) is 3.44. The summed E-state index contributed by atoms with van der Waals surface area (Å²) in [6.07, 6.45) is 1.37. The lowest BCUT2D eigenvalue weighted by atomic mass is 9.88. The highest BCUT2D eigenvalue weighted by Crippen LogP contribution is 2.33. The molecule has 3 rings (SSSR count). The van der Waals surface area contributed by atoms with E-state index in [0.717, 1.165) is 5.69 Å². The molecule has 1 aliphatic heterocycles. The first-order valence-electron chi connectivity index (χ1n) is 7.83. The molecule has 1 saturated heterocycles. The lowest BCUT2D eigenvalue weighted by Gasteiger charge is -2.34. The number of ketones is 1. The molecule has 0 spiro atoms. The van der Waals surface area contributed by atoms with E-state index in [-0.39, 0.29) is 17.5 Å². The second-order valence-electron chi connectivity index (χ2n) is 5.88. The number of para-hydroxylation sites is 1. The lowest BCUT2D eigenvalue weighted by Crippen LogP contribution is -2.37. The highest BCUT2D eigenvalue weighted by Gasteiger charge is 2.27. The maximum atomic E-state index is 13.0. The summed E-state index contributed by atoms with van der Waals surface area (Å²) >= 11 is 6.26. The number of halogens is 2. The molecule has 5 heteroatoms. The number of Topliss-reactive ketones (excluding diaryl/α,β-unsaturated/α-hetero) is 1. The average molecular weight is 343 g/mol. The van der Waals surface area contributed by atoms with Crippen LogP contribution in [0.2, 0.25) is 5.02 Å². The topological polar surface area (TPSA) is 44.1 Å². The molecule has 0 unspecified atom stereocenters. The van der Waals surface area contributed by atoms with Crippen LogP contribution in [0.4, 0.5) is 10.1 Å². The normalized spacial score (nSPS) is 15.1. The second kappa shape index (κ2) is 7.02. The number of nitrogens with zero attached hydrogens (tertiary/aromatic N) is 2. The summed E-state index contributed by atoms with van der Waals surface area (Å²) in [5.41, 5.74) is 1.84. The number of piperidine rings is 1. The van der Waals surface area contributed by atoms with Gasteiger partial charge >= 0.3 is 0 Å². The number of carbonyl (C=O) groups is 1. The quantitative estimate of drug-likeness (QED) is 0.774. The average Bonchev–Trinajstić information content (AvgIpc) is 2.61. The smallest absolute Gasteiger partial charge is 0.166 e. The van der Waals surface area contributed by atoms with Crippen LogP contribution in [0.25, 0.3) is 0 Å². The van der Waals surface area contributed by atoms with E-state index in [2.05, 4.69) is 11.0 Å². The molecule has 3 nitrogen and oxygen atoms in total. The predicted octanol–water partition coefficient (Wildman–Crippen LogP) is 4.45. The zero-order valence-corrected chi connectivity index (χ0v) is 13.8. The Kier molecular flexibility index (Phi) is 4.82. The van der Waals surface area contributed by atoms with Gasteiger partial charge in [-0.3, -0.25) is 4.79 Å². The van der Waals surface area contributed by atoms with E-state index in [9.17, 15) is 14.4 Å². The van der Waals surface area contributed by atoms with Crippen LogP contribution in [0.15, 0.2) is 42.5 Å². The second-order valence-corrected chi connectivity index (χ2v) is 6.29. The molecule has 1 fully saturated rings. The Bertz CT molecular complexity index is 790. The van der Waals surface area contributed by atoms with Gasteiger partial charge in [0.05, 0.1) is 16.3 Å². The summed E-state index contributed by atoms with van der Waals surface area (Å²) in [4.78, 5) is 14.6. The van der Waals surface area contributed by atoms with Crippen LogP contribution < -0.4 is 4.90 Å². The van der Waals surface area contributed by atoms with Gasteiger partial charge in [0, 0.05) is 24.6 Å². The third-order valence-electron chi connectivity index (χ3n) is 4.42. The zero-order valence-electron chi connectivity index (χ0n) is 13.0. The van der Waals surface area contributed by atoms with Gasteiger partial charge in [0.15, 0.2) is 5.78 Å². The molecule has 0 atom stereocenters. The minimum atomic E-state index is -0.343. The van der Waals surface area contributed by atoms with Crippen molar-refractivity contribution in [3.05, 3.63) is 64.4 Å². The van der Waals surface area contributed by atoms with E-state index in [1.165, 1.54) is 24.3 Å². The number of nitriles is 1. The van der Waals surface area contributed by atoms with Crippen molar-refractivity contribution >= 4 is 23.1 Å². The first kappa shape index (κ1) is 16.5. The van der Waals surface area contributed by atoms with Crippen LogP contribution in [0.1, 0.15) is 28.8 Å². The van der Waals surface area contributed by atoms with E-state index in [1.54, 1.807) is 18.2 Å². The van der Waals surface area contributed by atoms with Crippen molar-refractivity contribution in [2.45, 2.75) is 12.8 Å². The van der Waals surface area contributed by atoms with Crippen LogP contribution in [-0.4, -0.2) is 18.9 Å². The molecule has 0 radical (unpaired) electrons. The van der Waals surface area contributed by atoms with E-state index in [1.807, 2.05) is 0 Å².